The fourth-order valence-electron chi connectivity index (χ4n) is 4.81. The molecule has 9 nitrogen and oxygen atoms in total. The number of halogens is 1. The van der Waals surface area contributed by atoms with Gasteiger partial charge >= 0.3 is 5.97 Å². The van der Waals surface area contributed by atoms with Gasteiger partial charge in [0.2, 0.25) is 5.91 Å². The lowest BCUT2D eigenvalue weighted by Gasteiger charge is -2.38. The second kappa shape index (κ2) is 10.6. The van der Waals surface area contributed by atoms with Gasteiger partial charge in [-0.25, -0.2) is 13.2 Å². The van der Waals surface area contributed by atoms with Gasteiger partial charge < -0.3 is 14.5 Å². The van der Waals surface area contributed by atoms with E-state index in [0.717, 1.165) is 58.1 Å². The molecule has 0 unspecified atom stereocenters. The lowest BCUT2D eigenvalue weighted by molar-refractivity contribution is -0.157. The van der Waals surface area contributed by atoms with Crippen molar-refractivity contribution in [3.05, 3.63) is 64.7 Å². The summed E-state index contributed by atoms with van der Waals surface area (Å²) in [6.07, 6.45) is 2.16. The van der Waals surface area contributed by atoms with Crippen LogP contribution in [0.15, 0.2) is 52.7 Å². The Morgan fingerprint density at radius 2 is 1.84 bits per heavy atom. The summed E-state index contributed by atoms with van der Waals surface area (Å²) in [4.78, 5) is 29.4. The molecule has 0 radical (unpaired) electrons. The zero-order valence-electron chi connectivity index (χ0n) is 20.7. The molecule has 3 aromatic rings. The van der Waals surface area contributed by atoms with Gasteiger partial charge in [0.15, 0.2) is 0 Å². The second-order valence-electron chi connectivity index (χ2n) is 9.35. The third kappa shape index (κ3) is 5.15. The van der Waals surface area contributed by atoms with Crippen molar-refractivity contribution in [3.8, 4) is 0 Å². The quantitative estimate of drug-likeness (QED) is 0.274. The van der Waals surface area contributed by atoms with Crippen LogP contribution >= 0.6 is 22.9 Å². The average molecular weight is 575 g/mol. The monoisotopic (exact) mass is 574 g/mol. The van der Waals surface area contributed by atoms with E-state index in [-0.39, 0.29) is 23.8 Å². The lowest BCUT2D eigenvalue weighted by atomic mass is 10.1. The number of fused-ring (bicyclic) bond motifs is 1. The number of rotatable bonds is 6. The van der Waals surface area contributed by atoms with Crippen molar-refractivity contribution >= 4 is 60.8 Å². The van der Waals surface area contributed by atoms with Crippen molar-refractivity contribution in [2.45, 2.75) is 29.6 Å². The molecular weight excluding hydrogens is 548 g/mol. The molecule has 2 fully saturated rings. The van der Waals surface area contributed by atoms with Crippen LogP contribution < -0.4 is 0 Å². The number of esters is 1. The first-order valence-electron chi connectivity index (χ1n) is 12.2. The molecule has 1 aromatic heterocycles. The zero-order chi connectivity index (χ0) is 27.0. The Morgan fingerprint density at radius 3 is 2.53 bits per heavy atom. The minimum atomic E-state index is -4.04. The van der Waals surface area contributed by atoms with Crippen LogP contribution in [0.25, 0.3) is 10.1 Å². The molecule has 2 aliphatic rings. The number of amidine groups is 1. The van der Waals surface area contributed by atoms with E-state index in [1.54, 1.807) is 24.3 Å². The Kier molecular flexibility index (Phi) is 7.45. The van der Waals surface area contributed by atoms with E-state index < -0.39 is 27.9 Å². The number of nitrogens with one attached hydrogen (secondary N) is 1. The van der Waals surface area contributed by atoms with E-state index in [0.29, 0.717) is 15.6 Å². The van der Waals surface area contributed by atoms with E-state index in [2.05, 4.69) is 0 Å². The number of methoxy groups -OCH3 is 1. The number of sulfonamides is 1. The van der Waals surface area contributed by atoms with Crippen LogP contribution in [0.1, 0.15) is 24.0 Å². The number of carbonyl (C=O) groups excluding carboxylic acids is 2. The maximum Gasteiger partial charge on any atom is 0.329 e. The highest BCUT2D eigenvalue weighted by atomic mass is 35.5. The third-order valence-electron chi connectivity index (χ3n) is 6.91. The first kappa shape index (κ1) is 26.6. The lowest BCUT2D eigenvalue weighted by Crippen LogP contribution is -2.60. The number of nitrogens with zero attached hydrogens (tertiary/aromatic N) is 3. The van der Waals surface area contributed by atoms with Gasteiger partial charge in [0.05, 0.1) is 13.7 Å². The van der Waals surface area contributed by atoms with E-state index in [1.165, 1.54) is 12.0 Å². The number of piperazine rings is 1. The van der Waals surface area contributed by atoms with Crippen LogP contribution in [0.5, 0.6) is 0 Å². The molecule has 5 rings (SSSR count). The molecule has 0 aliphatic carbocycles. The van der Waals surface area contributed by atoms with Crippen molar-refractivity contribution in [1.82, 2.24) is 14.1 Å². The molecule has 2 aliphatic heterocycles. The van der Waals surface area contributed by atoms with Crippen LogP contribution in [0.3, 0.4) is 0 Å². The molecular formula is C26H27ClN4O5S2. The van der Waals surface area contributed by atoms with Crippen molar-refractivity contribution in [3.63, 3.8) is 0 Å². The van der Waals surface area contributed by atoms with Crippen molar-refractivity contribution in [2.24, 2.45) is 0 Å². The van der Waals surface area contributed by atoms with Gasteiger partial charge in [-0.15, -0.1) is 11.3 Å². The molecule has 0 spiro atoms. The van der Waals surface area contributed by atoms with Crippen LogP contribution in [-0.4, -0.2) is 79.6 Å². The Bertz CT molecular complexity index is 1500. The molecule has 12 heteroatoms. The highest BCUT2D eigenvalue weighted by molar-refractivity contribution is 7.91. The SMILES string of the molecule is COC(=O)[C@H]1CN(S(=O)(=O)c2cc3ccc(Cl)cc3s2)CC(=O)N1Cc1ccc(C(=N)N2CCCC2)cc1. The number of hydrogen-bond acceptors (Lipinski definition) is 7. The maximum absolute atomic E-state index is 13.5. The Balaban J connectivity index is 1.35. The molecule has 1 N–H and O–H groups in total. The number of likely N-dealkylation sites (tertiary alicyclic amines) is 1. The van der Waals surface area contributed by atoms with Crippen LogP contribution in [0, 0.1) is 5.41 Å². The number of carbonyl (C=O) groups is 2. The van der Waals surface area contributed by atoms with Crippen LogP contribution in [-0.2, 0) is 30.9 Å². The highest BCUT2D eigenvalue weighted by Crippen LogP contribution is 2.34. The molecule has 1 amide bonds. The second-order valence-corrected chi connectivity index (χ2v) is 13.0. The topological polar surface area (TPSA) is 111 Å². The average Bonchev–Trinajstić information content (AvgIpc) is 3.59. The van der Waals surface area contributed by atoms with Gasteiger partial charge in [-0.1, -0.05) is 41.9 Å². The van der Waals surface area contributed by atoms with Gasteiger partial charge in [-0.3, -0.25) is 10.2 Å². The minimum absolute atomic E-state index is 0.0793. The van der Waals surface area contributed by atoms with Gasteiger partial charge in [0.25, 0.3) is 10.0 Å². The largest absolute Gasteiger partial charge is 0.467 e. The predicted octanol–water partition coefficient (Wildman–Crippen LogP) is 3.55. The smallest absolute Gasteiger partial charge is 0.329 e. The molecule has 38 heavy (non-hydrogen) atoms. The molecule has 200 valence electrons. The summed E-state index contributed by atoms with van der Waals surface area (Å²) in [5.41, 5.74) is 1.55. The van der Waals surface area contributed by atoms with E-state index in [9.17, 15) is 18.0 Å². The molecule has 0 saturated carbocycles. The predicted molar refractivity (Wildman–Crippen MR) is 146 cm³/mol. The van der Waals surface area contributed by atoms with E-state index in [1.807, 2.05) is 29.2 Å². The summed E-state index contributed by atoms with van der Waals surface area (Å²) in [7, 11) is -2.82. The van der Waals surface area contributed by atoms with E-state index in [4.69, 9.17) is 21.7 Å². The Hall–Kier alpha value is -2.99. The Morgan fingerprint density at radius 1 is 1.13 bits per heavy atom. The van der Waals surface area contributed by atoms with Gasteiger partial charge in [-0.2, -0.15) is 4.31 Å². The van der Waals surface area contributed by atoms with Gasteiger partial charge in [0.1, 0.15) is 16.1 Å². The fourth-order valence-corrected chi connectivity index (χ4v) is 8.04. The van der Waals surface area contributed by atoms with Crippen molar-refractivity contribution in [1.29, 1.82) is 5.41 Å². The summed E-state index contributed by atoms with van der Waals surface area (Å²) < 4.78 is 33.7. The van der Waals surface area contributed by atoms with E-state index >= 15 is 0 Å². The zero-order valence-corrected chi connectivity index (χ0v) is 23.1. The summed E-state index contributed by atoms with van der Waals surface area (Å²) >= 11 is 7.12. The number of ether oxygens (including phenoxy) is 1. The van der Waals surface area contributed by atoms with Crippen molar-refractivity contribution < 1.29 is 22.7 Å². The van der Waals surface area contributed by atoms with Crippen molar-refractivity contribution in [2.75, 3.05) is 33.3 Å². The normalized spacial score (nSPS) is 18.8. The maximum atomic E-state index is 13.5. The Labute approximate surface area is 230 Å². The number of hydrogen-bond donors (Lipinski definition) is 1. The summed E-state index contributed by atoms with van der Waals surface area (Å²) in [6, 6.07) is 12.9. The summed E-state index contributed by atoms with van der Waals surface area (Å²) in [5.74, 6) is -0.707. The number of amides is 1. The highest BCUT2D eigenvalue weighted by Gasteiger charge is 2.42. The fraction of sp³-hybridized carbons (Fsp3) is 0.346. The van der Waals surface area contributed by atoms with Crippen LogP contribution in [0.2, 0.25) is 5.02 Å². The molecule has 2 saturated heterocycles. The summed E-state index contributed by atoms with van der Waals surface area (Å²) in [6.45, 7) is 1.26. The number of benzene rings is 2. The minimum Gasteiger partial charge on any atom is -0.467 e. The first-order chi connectivity index (χ1) is 18.2. The summed E-state index contributed by atoms with van der Waals surface area (Å²) in [5, 5.41) is 9.65. The van der Waals surface area contributed by atoms with Gasteiger partial charge in [-0.05, 0) is 42.0 Å². The molecule has 2 aromatic carbocycles. The third-order valence-corrected chi connectivity index (χ3v) is 10.5. The molecule has 0 bridgehead atoms. The molecule has 1 atom stereocenters. The van der Waals surface area contributed by atoms with Crippen LogP contribution in [0.4, 0.5) is 0 Å². The molecule has 3 heterocycles. The van der Waals surface area contributed by atoms with Gasteiger partial charge in [0, 0.05) is 41.5 Å². The number of thiophene rings is 1. The standard InChI is InChI=1S/C26H27ClN4O5S2/c1-36-26(33)21-15-30(38(34,35)24-12-19-8-9-20(27)13-22(19)37-24)16-23(32)31(21)14-17-4-6-18(7-5-17)25(28)29-10-2-3-11-29/h4-9,12-13,21,28H,2-3,10-11,14-16H2,1H3/t21-/m1/s1. The first-order valence-corrected chi connectivity index (χ1v) is 14.8.